The van der Waals surface area contributed by atoms with Crippen LogP contribution in [-0.4, -0.2) is 136 Å². The van der Waals surface area contributed by atoms with E-state index in [-0.39, 0.29) is 133 Å². The molecule has 3 radical (unpaired) electrons. The minimum Gasteiger partial charge on any atom is -0.507 e. The van der Waals surface area contributed by atoms with Gasteiger partial charge in [-0.05, 0) is 120 Å². The molecule has 0 saturated carbocycles. The van der Waals surface area contributed by atoms with E-state index in [9.17, 15) is 46.1 Å². The Kier molecular flexibility index (Phi) is 16.9. The summed E-state index contributed by atoms with van der Waals surface area (Å²) in [6.45, 7) is 3.51. The zero-order valence-electron chi connectivity index (χ0n) is 32.6. The molecule has 23 heteroatoms. The van der Waals surface area contributed by atoms with E-state index in [2.05, 4.69) is 30.7 Å². The molecule has 0 saturated heterocycles. The normalized spacial score (nSPS) is 11.7. The van der Waals surface area contributed by atoms with Crippen molar-refractivity contribution < 1.29 is 46.1 Å². The molecule has 9 N–H and O–H groups in total. The Hall–Kier alpha value is -4.13. The van der Waals surface area contributed by atoms with Crippen molar-refractivity contribution >= 4 is 171 Å². The number of anilines is 2. The number of nitrogens with two attached hydrogens (primary N) is 2. The van der Waals surface area contributed by atoms with Crippen LogP contribution in [0.5, 0.6) is 11.5 Å². The van der Waals surface area contributed by atoms with Crippen molar-refractivity contribution in [2.24, 2.45) is 30.7 Å². The molecule has 0 heterocycles. The van der Waals surface area contributed by atoms with Gasteiger partial charge in [-0.3, -0.25) is 9.11 Å². The number of hydrogen-bond acceptors (Lipinski definition) is 15. The van der Waals surface area contributed by atoms with Crippen LogP contribution in [0.25, 0.3) is 21.9 Å². The zero-order chi connectivity index (χ0) is 41.4. The molecular weight excluding hydrogens is 850 g/mol. The van der Waals surface area contributed by atoms with Crippen LogP contribution in [0.1, 0.15) is 21.5 Å². The van der Waals surface area contributed by atoms with Crippen LogP contribution in [0.3, 0.4) is 0 Å². The van der Waals surface area contributed by atoms with Crippen molar-refractivity contribution in [3.8, 4) is 22.6 Å². The summed E-state index contributed by atoms with van der Waals surface area (Å²) in [5, 5.41) is 54.4. The number of azo groups is 3. The molecule has 0 unspecified atom stereocenters. The third kappa shape index (κ3) is 11.4. The monoisotopic (exact) mass is 879 g/mol. The Labute approximate surface area is 408 Å². The van der Waals surface area contributed by atoms with Crippen molar-refractivity contribution in [1.29, 1.82) is 0 Å². The maximum atomic E-state index is 12.6. The molecule has 0 aliphatic heterocycles. The molecule has 6 aromatic carbocycles. The number of aromatic carboxylic acids is 1. The molecule has 0 fully saturated rings. The van der Waals surface area contributed by atoms with Crippen molar-refractivity contribution in [2.45, 2.75) is 23.6 Å². The average Bonchev–Trinajstić information content (AvgIpc) is 3.13. The summed E-state index contributed by atoms with van der Waals surface area (Å²) in [5.74, 6) is -2.56. The third-order valence-corrected chi connectivity index (χ3v) is 10.2. The zero-order valence-corrected chi connectivity index (χ0v) is 40.2. The van der Waals surface area contributed by atoms with Crippen LogP contribution in [0.2, 0.25) is 0 Å². The first-order valence-electron chi connectivity index (χ1n) is 16.3. The standard InChI is InChI=1S/C37H30N8O10S2.3Na/c1-18-11-20(3-7-28(18)41-40-24-6-10-32(46)26(16-24)37(48)49)21-4-8-29(19(2)12-21)42-45-35-33(57(53,54)55)14-22-13-25(56(50,51)52)17-31(34(22)36(35)47)44-43-30-9-5-23(38)15-27(30)39;;;/h3-17,46-47H,38-39H2,1-2H3,(H,48,49)(H,50,51,52)(H,53,54,55);;;. The van der Waals surface area contributed by atoms with Crippen LogP contribution in [-0.2, 0) is 20.2 Å². The largest absolute Gasteiger partial charge is 0.507 e. The fourth-order valence-electron chi connectivity index (χ4n) is 5.60. The predicted octanol–water partition coefficient (Wildman–Crippen LogP) is 7.99. The summed E-state index contributed by atoms with van der Waals surface area (Å²) in [5.41, 5.74) is 14.7. The summed E-state index contributed by atoms with van der Waals surface area (Å²) in [6, 6.07) is 21.1. The van der Waals surface area contributed by atoms with Gasteiger partial charge in [-0.25, -0.2) is 4.79 Å². The topological polar surface area (TPSA) is 313 Å². The van der Waals surface area contributed by atoms with Gasteiger partial charge in [0.1, 0.15) is 27.6 Å². The molecule has 0 aromatic heterocycles. The molecule has 0 bridgehead atoms. The van der Waals surface area contributed by atoms with E-state index in [1.807, 2.05) is 6.07 Å². The number of aromatic hydroxyl groups is 2. The van der Waals surface area contributed by atoms with E-state index in [4.69, 9.17) is 11.5 Å². The van der Waals surface area contributed by atoms with Gasteiger partial charge in [0.05, 0.1) is 38.7 Å². The number of rotatable bonds is 10. The molecule has 0 atom stereocenters. The van der Waals surface area contributed by atoms with E-state index in [1.165, 1.54) is 36.4 Å². The molecule has 6 rings (SSSR count). The summed E-state index contributed by atoms with van der Waals surface area (Å²) < 4.78 is 69.3. The van der Waals surface area contributed by atoms with E-state index >= 15 is 0 Å². The Bertz CT molecular complexity index is 2990. The van der Waals surface area contributed by atoms with Gasteiger partial charge in [0.15, 0.2) is 5.75 Å². The fourth-order valence-corrected chi connectivity index (χ4v) is 6.79. The summed E-state index contributed by atoms with van der Waals surface area (Å²) in [4.78, 5) is 9.68. The number of nitrogens with zero attached hydrogens (tertiary/aromatic N) is 6. The number of nitrogen functional groups attached to an aromatic ring is 2. The number of carboxylic acids is 1. The maximum absolute atomic E-state index is 12.6. The van der Waals surface area contributed by atoms with E-state index in [1.54, 1.807) is 44.2 Å². The summed E-state index contributed by atoms with van der Waals surface area (Å²) >= 11 is 0. The SMILES string of the molecule is Cc1cc(-c2ccc(N=Nc3c(S(=O)(=O)O)cc4cc(S(=O)(=O)O)cc(N=Nc5ccc(N)cc5N)c4c3O)c(C)c2)ccc1N=Nc1ccc(O)c(C(=O)O)c1.[Na].[Na].[Na]. The second-order valence-corrected chi connectivity index (χ2v) is 15.3. The number of aryl methyl sites for hydroxylation is 2. The summed E-state index contributed by atoms with van der Waals surface area (Å²) in [6.07, 6.45) is 0. The third-order valence-electron chi connectivity index (χ3n) is 8.46. The van der Waals surface area contributed by atoms with Gasteiger partial charge >= 0.3 is 5.97 Å². The first-order valence-corrected chi connectivity index (χ1v) is 19.1. The molecule has 293 valence electrons. The maximum Gasteiger partial charge on any atom is 0.339 e. The number of carboxylic acid groups (broad SMARTS) is 1. The second-order valence-electron chi connectivity index (χ2n) is 12.5. The smallest absolute Gasteiger partial charge is 0.339 e. The molecule has 6 aromatic rings. The molecule has 18 nitrogen and oxygen atoms in total. The van der Waals surface area contributed by atoms with Gasteiger partial charge in [-0.1, -0.05) is 12.1 Å². The van der Waals surface area contributed by atoms with E-state index < -0.39 is 53.2 Å². The first kappa shape index (κ1) is 50.2. The minimum absolute atomic E-state index is 0. The van der Waals surface area contributed by atoms with E-state index in [0.29, 0.717) is 16.9 Å². The number of benzene rings is 6. The Morgan fingerprint density at radius 2 is 1.15 bits per heavy atom. The number of fused-ring (bicyclic) bond motifs is 1. The van der Waals surface area contributed by atoms with E-state index in [0.717, 1.165) is 34.9 Å². The molecule has 0 aliphatic carbocycles. The van der Waals surface area contributed by atoms with Crippen molar-refractivity contribution in [3.05, 3.63) is 108 Å². The van der Waals surface area contributed by atoms with Crippen LogP contribution in [0, 0.1) is 13.8 Å². The van der Waals surface area contributed by atoms with Gasteiger partial charge in [0.2, 0.25) is 0 Å². The number of phenols is 2. The van der Waals surface area contributed by atoms with Gasteiger partial charge in [0.25, 0.3) is 20.2 Å². The van der Waals surface area contributed by atoms with Crippen LogP contribution in [0.15, 0.2) is 131 Å². The van der Waals surface area contributed by atoms with Crippen molar-refractivity contribution in [1.82, 2.24) is 0 Å². The molecule has 0 aliphatic rings. The van der Waals surface area contributed by atoms with Gasteiger partial charge < -0.3 is 26.8 Å². The van der Waals surface area contributed by atoms with Crippen molar-refractivity contribution in [3.63, 3.8) is 0 Å². The Balaban J connectivity index is 0.00000320. The Morgan fingerprint density at radius 3 is 1.68 bits per heavy atom. The van der Waals surface area contributed by atoms with Gasteiger partial charge in [-0.15, -0.1) is 15.3 Å². The number of phenolic OH excluding ortho intramolecular Hbond substituents is 1. The summed E-state index contributed by atoms with van der Waals surface area (Å²) in [7, 11) is -10.0. The molecule has 0 amide bonds. The van der Waals surface area contributed by atoms with Crippen molar-refractivity contribution in [2.75, 3.05) is 11.5 Å². The fraction of sp³-hybridized carbons (Fsp3) is 0.0541. The minimum atomic E-state index is -5.12. The van der Waals surface area contributed by atoms with Crippen LogP contribution >= 0.6 is 0 Å². The van der Waals surface area contributed by atoms with Crippen LogP contribution < -0.4 is 11.5 Å². The predicted molar refractivity (Wildman–Crippen MR) is 227 cm³/mol. The quantitative estimate of drug-likeness (QED) is 0.0298. The molecule has 60 heavy (non-hydrogen) atoms. The number of carbonyl (C=O) groups is 1. The number of hydrogen-bond donors (Lipinski definition) is 7. The van der Waals surface area contributed by atoms with Gasteiger partial charge in [-0.2, -0.15) is 32.2 Å². The second kappa shape index (κ2) is 20.2. The van der Waals surface area contributed by atoms with Crippen LogP contribution in [0.4, 0.5) is 45.5 Å². The molecular formula is C37H30N8Na3O10S2. The first-order chi connectivity index (χ1) is 26.8. The average molecular weight is 880 g/mol. The Morgan fingerprint density at radius 1 is 0.600 bits per heavy atom. The van der Waals surface area contributed by atoms with Gasteiger partial charge in [0, 0.05) is 94.4 Å². The molecule has 0 spiro atoms.